The molecule has 0 saturated heterocycles. The Morgan fingerprint density at radius 3 is 2.75 bits per heavy atom. The van der Waals surface area contributed by atoms with Gasteiger partial charge in [-0.05, 0) is 45.1 Å². The number of rotatable bonds is 5. The largest absolute Gasteiger partial charge is 0.493 e. The van der Waals surface area contributed by atoms with Crippen molar-refractivity contribution >= 4 is 0 Å². The second-order valence-electron chi connectivity index (χ2n) is 4.10. The standard InChI is InChI=1S/C13H18N2O/c1-11-5-6-12(10-14)9-13(11)16-8-4-7-15(2)3/h5-6,9H,4,7-8H2,1-3H3. The van der Waals surface area contributed by atoms with Gasteiger partial charge >= 0.3 is 0 Å². The van der Waals surface area contributed by atoms with Crippen LogP contribution in [0.4, 0.5) is 0 Å². The topological polar surface area (TPSA) is 36.3 Å². The molecule has 0 N–H and O–H groups in total. The van der Waals surface area contributed by atoms with Crippen LogP contribution < -0.4 is 4.74 Å². The van der Waals surface area contributed by atoms with Crippen LogP contribution in [-0.4, -0.2) is 32.1 Å². The predicted octanol–water partition coefficient (Wildman–Crippen LogP) is 2.20. The summed E-state index contributed by atoms with van der Waals surface area (Å²) in [5, 5.41) is 8.79. The van der Waals surface area contributed by atoms with E-state index in [1.165, 1.54) is 0 Å². The second kappa shape index (κ2) is 6.14. The molecule has 0 fully saturated rings. The molecule has 0 radical (unpaired) electrons. The van der Waals surface area contributed by atoms with Gasteiger partial charge in [-0.2, -0.15) is 5.26 Å². The Bertz CT molecular complexity index is 380. The molecule has 3 heteroatoms. The summed E-state index contributed by atoms with van der Waals surface area (Å²) < 4.78 is 5.65. The van der Waals surface area contributed by atoms with Gasteiger partial charge in [0.2, 0.25) is 0 Å². The van der Waals surface area contributed by atoms with Crippen LogP contribution in [0.2, 0.25) is 0 Å². The van der Waals surface area contributed by atoms with Gasteiger partial charge in [0.05, 0.1) is 18.2 Å². The Kier molecular flexibility index (Phi) is 4.81. The zero-order valence-corrected chi connectivity index (χ0v) is 10.2. The van der Waals surface area contributed by atoms with Crippen molar-refractivity contribution in [3.8, 4) is 11.8 Å². The average Bonchev–Trinajstić information content (AvgIpc) is 2.26. The van der Waals surface area contributed by atoms with Crippen molar-refractivity contribution < 1.29 is 4.74 Å². The van der Waals surface area contributed by atoms with Gasteiger partial charge < -0.3 is 9.64 Å². The van der Waals surface area contributed by atoms with Crippen LogP contribution in [0, 0.1) is 18.3 Å². The average molecular weight is 218 g/mol. The number of hydrogen-bond acceptors (Lipinski definition) is 3. The van der Waals surface area contributed by atoms with Gasteiger partial charge in [0.15, 0.2) is 0 Å². The summed E-state index contributed by atoms with van der Waals surface area (Å²) in [7, 11) is 4.09. The van der Waals surface area contributed by atoms with Crippen LogP contribution in [0.15, 0.2) is 18.2 Å². The fraction of sp³-hybridized carbons (Fsp3) is 0.462. The highest BCUT2D eigenvalue weighted by molar-refractivity contribution is 5.41. The number of aryl methyl sites for hydroxylation is 1. The minimum absolute atomic E-state index is 0.646. The molecule has 16 heavy (non-hydrogen) atoms. The van der Waals surface area contributed by atoms with Crippen molar-refractivity contribution in [1.29, 1.82) is 5.26 Å². The summed E-state index contributed by atoms with van der Waals surface area (Å²) in [4.78, 5) is 2.13. The van der Waals surface area contributed by atoms with Crippen LogP contribution in [0.25, 0.3) is 0 Å². The van der Waals surface area contributed by atoms with E-state index in [0.29, 0.717) is 12.2 Å². The molecule has 1 aromatic carbocycles. The maximum atomic E-state index is 8.79. The molecule has 0 amide bonds. The first-order valence-corrected chi connectivity index (χ1v) is 5.42. The summed E-state index contributed by atoms with van der Waals surface area (Å²) in [5.74, 6) is 0.817. The lowest BCUT2D eigenvalue weighted by molar-refractivity contribution is 0.280. The minimum atomic E-state index is 0.646. The monoisotopic (exact) mass is 218 g/mol. The van der Waals surface area contributed by atoms with Crippen LogP contribution in [0.1, 0.15) is 17.5 Å². The van der Waals surface area contributed by atoms with Gasteiger partial charge in [-0.25, -0.2) is 0 Å². The van der Waals surface area contributed by atoms with Gasteiger partial charge in [0, 0.05) is 6.54 Å². The quantitative estimate of drug-likeness (QED) is 0.711. The maximum absolute atomic E-state index is 8.79. The summed E-state index contributed by atoms with van der Waals surface area (Å²) in [6, 6.07) is 7.64. The van der Waals surface area contributed by atoms with Crippen molar-refractivity contribution in [3.05, 3.63) is 29.3 Å². The molecule has 0 aliphatic heterocycles. The Balaban J connectivity index is 2.50. The van der Waals surface area contributed by atoms with Crippen LogP contribution in [-0.2, 0) is 0 Å². The molecule has 0 unspecified atom stereocenters. The predicted molar refractivity (Wildman–Crippen MR) is 64.6 cm³/mol. The van der Waals surface area contributed by atoms with Crippen LogP contribution in [0.3, 0.4) is 0 Å². The van der Waals surface area contributed by atoms with E-state index >= 15 is 0 Å². The molecule has 0 aromatic heterocycles. The zero-order chi connectivity index (χ0) is 12.0. The SMILES string of the molecule is Cc1ccc(C#N)cc1OCCCN(C)C. The van der Waals surface area contributed by atoms with Crippen molar-refractivity contribution in [1.82, 2.24) is 4.90 Å². The van der Waals surface area contributed by atoms with Gasteiger partial charge in [0.1, 0.15) is 5.75 Å². The summed E-state index contributed by atoms with van der Waals surface area (Å²) in [6.07, 6.45) is 0.989. The second-order valence-corrected chi connectivity index (χ2v) is 4.10. The summed E-state index contributed by atoms with van der Waals surface area (Å²) in [5.41, 5.74) is 1.72. The number of benzene rings is 1. The van der Waals surface area contributed by atoms with E-state index in [1.54, 1.807) is 6.07 Å². The lowest BCUT2D eigenvalue weighted by Gasteiger charge is -2.11. The van der Waals surface area contributed by atoms with Crippen molar-refractivity contribution in [3.63, 3.8) is 0 Å². The fourth-order valence-electron chi connectivity index (χ4n) is 1.39. The summed E-state index contributed by atoms with van der Waals surface area (Å²) >= 11 is 0. The molecule has 0 aliphatic carbocycles. The zero-order valence-electron chi connectivity index (χ0n) is 10.2. The van der Waals surface area contributed by atoms with Crippen LogP contribution >= 0.6 is 0 Å². The third-order valence-electron chi connectivity index (χ3n) is 2.32. The highest BCUT2D eigenvalue weighted by Gasteiger charge is 2.01. The third-order valence-corrected chi connectivity index (χ3v) is 2.32. The van der Waals surface area contributed by atoms with E-state index in [4.69, 9.17) is 10.00 Å². The Morgan fingerprint density at radius 2 is 2.12 bits per heavy atom. The first-order valence-electron chi connectivity index (χ1n) is 5.42. The molecule has 0 atom stereocenters. The number of hydrogen-bond donors (Lipinski definition) is 0. The van der Waals surface area contributed by atoms with Gasteiger partial charge in [0.25, 0.3) is 0 Å². The lowest BCUT2D eigenvalue weighted by Crippen LogP contribution is -2.15. The fourth-order valence-corrected chi connectivity index (χ4v) is 1.39. The van der Waals surface area contributed by atoms with E-state index in [0.717, 1.165) is 24.3 Å². The minimum Gasteiger partial charge on any atom is -0.493 e. The molecule has 0 saturated carbocycles. The maximum Gasteiger partial charge on any atom is 0.123 e. The Morgan fingerprint density at radius 1 is 1.38 bits per heavy atom. The Hall–Kier alpha value is -1.53. The number of nitriles is 1. The molecular weight excluding hydrogens is 200 g/mol. The summed E-state index contributed by atoms with van der Waals surface area (Å²) in [6.45, 7) is 3.69. The van der Waals surface area contributed by atoms with Crippen molar-refractivity contribution in [2.45, 2.75) is 13.3 Å². The third kappa shape index (κ3) is 3.92. The molecule has 1 aromatic rings. The van der Waals surface area contributed by atoms with E-state index < -0.39 is 0 Å². The lowest BCUT2D eigenvalue weighted by atomic mass is 10.1. The molecule has 0 bridgehead atoms. The van der Waals surface area contributed by atoms with E-state index in [9.17, 15) is 0 Å². The first kappa shape index (κ1) is 12.5. The van der Waals surface area contributed by atoms with E-state index in [-0.39, 0.29) is 0 Å². The highest BCUT2D eigenvalue weighted by atomic mass is 16.5. The molecule has 0 heterocycles. The Labute approximate surface area is 97.3 Å². The highest BCUT2D eigenvalue weighted by Crippen LogP contribution is 2.19. The normalized spacial score (nSPS) is 10.2. The molecule has 0 aliphatic rings. The number of ether oxygens (including phenoxy) is 1. The molecular formula is C13H18N2O. The van der Waals surface area contributed by atoms with Gasteiger partial charge in [-0.3, -0.25) is 0 Å². The van der Waals surface area contributed by atoms with Gasteiger partial charge in [-0.1, -0.05) is 6.07 Å². The number of nitrogens with zero attached hydrogens (tertiary/aromatic N) is 2. The van der Waals surface area contributed by atoms with E-state index in [1.807, 2.05) is 33.2 Å². The van der Waals surface area contributed by atoms with Gasteiger partial charge in [-0.15, -0.1) is 0 Å². The van der Waals surface area contributed by atoms with Crippen LogP contribution in [0.5, 0.6) is 5.75 Å². The molecule has 1 rings (SSSR count). The van der Waals surface area contributed by atoms with E-state index in [2.05, 4.69) is 11.0 Å². The molecule has 3 nitrogen and oxygen atoms in total. The molecule has 0 spiro atoms. The van der Waals surface area contributed by atoms with Crippen molar-refractivity contribution in [2.24, 2.45) is 0 Å². The molecule has 86 valence electrons. The smallest absolute Gasteiger partial charge is 0.123 e. The first-order chi connectivity index (χ1) is 7.63. The van der Waals surface area contributed by atoms with Crippen molar-refractivity contribution in [2.75, 3.05) is 27.2 Å².